The number of hydrogen-bond acceptors (Lipinski definition) is 4. The minimum Gasteiger partial charge on any atom is -0.444 e. The number of ether oxygens (including phenoxy) is 1. The van der Waals surface area contributed by atoms with Crippen molar-refractivity contribution in [2.45, 2.75) is 128 Å². The Bertz CT molecular complexity index is 975. The van der Waals surface area contributed by atoms with E-state index < -0.39 is 5.60 Å². The number of nitrogens with zero attached hydrogens (tertiary/aromatic N) is 2. The van der Waals surface area contributed by atoms with E-state index in [1.54, 1.807) is 0 Å². The molecule has 7 nitrogen and oxygen atoms in total. The standard InChI is InChI=1S/C29H44N4O3/c1-29(2,3)36-28(35)30-21-9-10-24-23(16-21)26(32-33(24)22-7-5-4-6-8-22)27(34)31-25-19-12-17-11-18(14-19)15-20(25)13-17/h17-22,25H,4-16H2,1-3H3,(H,30,35)(H,31,34). The molecule has 0 aromatic carbocycles. The monoisotopic (exact) mass is 496 g/mol. The Kier molecular flexibility index (Phi) is 6.32. The van der Waals surface area contributed by atoms with Crippen molar-refractivity contribution in [1.29, 1.82) is 0 Å². The highest BCUT2D eigenvalue weighted by Gasteiger charge is 2.49. The molecule has 1 unspecified atom stereocenters. The lowest BCUT2D eigenvalue weighted by molar-refractivity contribution is -0.0120. The number of hydrogen-bond donors (Lipinski definition) is 2. The first-order valence-corrected chi connectivity index (χ1v) is 14.6. The molecule has 198 valence electrons. The lowest BCUT2D eigenvalue weighted by Crippen LogP contribution is -2.56. The van der Waals surface area contributed by atoms with Gasteiger partial charge in [-0.25, -0.2) is 4.79 Å². The van der Waals surface area contributed by atoms with Crippen LogP contribution < -0.4 is 10.6 Å². The minimum absolute atomic E-state index is 0.0104. The van der Waals surface area contributed by atoms with E-state index >= 15 is 0 Å². The summed E-state index contributed by atoms with van der Waals surface area (Å²) in [5, 5.41) is 11.6. The van der Waals surface area contributed by atoms with Gasteiger partial charge in [-0.3, -0.25) is 9.48 Å². The van der Waals surface area contributed by atoms with Gasteiger partial charge in [-0.1, -0.05) is 19.3 Å². The van der Waals surface area contributed by atoms with Gasteiger partial charge in [-0.05, 0) is 109 Å². The third-order valence-electron chi connectivity index (χ3n) is 9.68. The number of rotatable bonds is 4. The molecule has 0 aliphatic heterocycles. The zero-order chi connectivity index (χ0) is 25.0. The summed E-state index contributed by atoms with van der Waals surface area (Å²) in [4.78, 5) is 26.3. The number of nitrogens with one attached hydrogen (secondary N) is 2. The largest absolute Gasteiger partial charge is 0.444 e. The normalized spacial score (nSPS) is 33.8. The van der Waals surface area contributed by atoms with E-state index in [9.17, 15) is 9.59 Å². The molecule has 1 heterocycles. The van der Waals surface area contributed by atoms with E-state index in [0.29, 0.717) is 36.0 Å². The molecule has 6 aliphatic carbocycles. The van der Waals surface area contributed by atoms with Crippen LogP contribution in [0.3, 0.4) is 0 Å². The number of carbonyl (C=O) groups excluding carboxylic acids is 2. The summed E-state index contributed by atoms with van der Waals surface area (Å²) in [5.74, 6) is 3.07. The highest BCUT2D eigenvalue weighted by molar-refractivity contribution is 5.94. The van der Waals surface area contributed by atoms with Crippen LogP contribution in [-0.4, -0.2) is 39.5 Å². The Morgan fingerprint density at radius 3 is 2.22 bits per heavy atom. The maximum absolute atomic E-state index is 13.8. The second kappa shape index (κ2) is 9.36. The third-order valence-corrected chi connectivity index (χ3v) is 9.68. The maximum atomic E-state index is 13.8. The summed E-state index contributed by atoms with van der Waals surface area (Å²) in [5.41, 5.74) is 2.35. The quantitative estimate of drug-likeness (QED) is 0.590. The molecule has 5 saturated carbocycles. The topological polar surface area (TPSA) is 85.2 Å². The van der Waals surface area contributed by atoms with E-state index in [1.807, 2.05) is 20.8 Å². The third kappa shape index (κ3) is 4.79. The van der Waals surface area contributed by atoms with E-state index in [1.165, 1.54) is 57.1 Å². The fraction of sp³-hybridized carbons (Fsp3) is 0.828. The van der Waals surface area contributed by atoms with Gasteiger partial charge in [0.05, 0.1) is 6.04 Å². The average molecular weight is 497 g/mol. The predicted octanol–water partition coefficient (Wildman–Crippen LogP) is 5.32. The van der Waals surface area contributed by atoms with Gasteiger partial charge in [-0.15, -0.1) is 0 Å². The van der Waals surface area contributed by atoms with Gasteiger partial charge in [0.15, 0.2) is 5.69 Å². The van der Waals surface area contributed by atoms with Crippen molar-refractivity contribution in [3.63, 3.8) is 0 Å². The second-order valence-corrected chi connectivity index (χ2v) is 13.5. The fourth-order valence-electron chi connectivity index (χ4n) is 8.43. The van der Waals surface area contributed by atoms with Gasteiger partial charge in [0, 0.05) is 23.3 Å². The Labute approximate surface area is 215 Å². The number of fused-ring (bicyclic) bond motifs is 1. The van der Waals surface area contributed by atoms with Crippen LogP contribution in [0.15, 0.2) is 0 Å². The Morgan fingerprint density at radius 2 is 1.58 bits per heavy atom. The van der Waals surface area contributed by atoms with E-state index in [-0.39, 0.29) is 18.0 Å². The number of carbonyl (C=O) groups is 2. The number of aromatic nitrogens is 2. The van der Waals surface area contributed by atoms with Crippen LogP contribution in [0.5, 0.6) is 0 Å². The molecule has 2 N–H and O–H groups in total. The molecule has 1 aromatic heterocycles. The van der Waals surface area contributed by atoms with Gasteiger partial charge >= 0.3 is 6.09 Å². The van der Waals surface area contributed by atoms with Gasteiger partial charge in [-0.2, -0.15) is 5.10 Å². The summed E-state index contributed by atoms with van der Waals surface area (Å²) in [6.07, 6.45) is 14.6. The zero-order valence-electron chi connectivity index (χ0n) is 22.4. The summed E-state index contributed by atoms with van der Waals surface area (Å²) in [6, 6.07) is 0.662. The highest BCUT2D eigenvalue weighted by Crippen LogP contribution is 2.53. The molecule has 1 aromatic rings. The van der Waals surface area contributed by atoms with Crippen molar-refractivity contribution >= 4 is 12.0 Å². The summed E-state index contributed by atoms with van der Waals surface area (Å²) in [6.45, 7) is 5.64. The van der Waals surface area contributed by atoms with Crippen LogP contribution >= 0.6 is 0 Å². The van der Waals surface area contributed by atoms with Crippen LogP contribution in [0.1, 0.15) is 119 Å². The molecule has 7 heteroatoms. The van der Waals surface area contributed by atoms with Crippen LogP contribution in [0.2, 0.25) is 0 Å². The molecule has 1 atom stereocenters. The van der Waals surface area contributed by atoms with Crippen molar-refractivity contribution in [3.8, 4) is 0 Å². The first-order chi connectivity index (χ1) is 17.2. The molecule has 5 fully saturated rings. The summed E-state index contributed by atoms with van der Waals surface area (Å²) in [7, 11) is 0. The van der Waals surface area contributed by atoms with Crippen LogP contribution in [-0.2, 0) is 17.6 Å². The molecular formula is C29H44N4O3. The second-order valence-electron chi connectivity index (χ2n) is 13.5. The molecule has 36 heavy (non-hydrogen) atoms. The first kappa shape index (κ1) is 24.3. The molecule has 4 bridgehead atoms. The molecule has 0 saturated heterocycles. The van der Waals surface area contributed by atoms with Gasteiger partial charge in [0.25, 0.3) is 5.91 Å². The Balaban J connectivity index is 1.23. The van der Waals surface area contributed by atoms with Crippen LogP contribution in [0.4, 0.5) is 4.79 Å². The lowest BCUT2D eigenvalue weighted by Gasteiger charge is -2.54. The van der Waals surface area contributed by atoms with Crippen molar-refractivity contribution in [3.05, 3.63) is 17.0 Å². The van der Waals surface area contributed by atoms with Gasteiger partial charge in [0.1, 0.15) is 5.60 Å². The molecule has 2 amide bonds. The lowest BCUT2D eigenvalue weighted by atomic mass is 9.54. The Morgan fingerprint density at radius 1 is 0.917 bits per heavy atom. The Hall–Kier alpha value is -2.05. The van der Waals surface area contributed by atoms with Crippen molar-refractivity contribution in [1.82, 2.24) is 20.4 Å². The first-order valence-electron chi connectivity index (χ1n) is 14.6. The molecule has 7 rings (SSSR count). The summed E-state index contributed by atoms with van der Waals surface area (Å²) < 4.78 is 7.72. The molecule has 6 aliphatic rings. The summed E-state index contributed by atoms with van der Waals surface area (Å²) >= 11 is 0. The maximum Gasteiger partial charge on any atom is 0.407 e. The number of amides is 2. The number of alkyl carbamates (subject to hydrolysis) is 1. The molecule has 0 radical (unpaired) electrons. The van der Waals surface area contributed by atoms with Crippen LogP contribution in [0, 0.1) is 23.7 Å². The van der Waals surface area contributed by atoms with E-state index in [0.717, 1.165) is 43.1 Å². The van der Waals surface area contributed by atoms with Crippen molar-refractivity contribution in [2.24, 2.45) is 23.7 Å². The minimum atomic E-state index is -0.528. The predicted molar refractivity (Wildman–Crippen MR) is 138 cm³/mol. The molecular weight excluding hydrogens is 452 g/mol. The van der Waals surface area contributed by atoms with Gasteiger partial charge in [0.2, 0.25) is 0 Å². The highest BCUT2D eigenvalue weighted by atomic mass is 16.6. The smallest absolute Gasteiger partial charge is 0.407 e. The van der Waals surface area contributed by atoms with Gasteiger partial charge < -0.3 is 15.4 Å². The molecule has 0 spiro atoms. The van der Waals surface area contributed by atoms with Crippen LogP contribution in [0.25, 0.3) is 0 Å². The van der Waals surface area contributed by atoms with E-state index in [4.69, 9.17) is 9.84 Å². The average Bonchev–Trinajstić information content (AvgIpc) is 3.19. The van der Waals surface area contributed by atoms with E-state index in [2.05, 4.69) is 15.3 Å². The SMILES string of the molecule is CC(C)(C)OC(=O)NC1CCc2c(c(C(=O)NC3C4CC5CC(C4)CC3C5)nn2C2CCCCC2)C1. The van der Waals surface area contributed by atoms with Crippen molar-refractivity contribution in [2.75, 3.05) is 0 Å². The van der Waals surface area contributed by atoms with Crippen molar-refractivity contribution < 1.29 is 14.3 Å². The zero-order valence-corrected chi connectivity index (χ0v) is 22.4. The fourth-order valence-corrected chi connectivity index (χ4v) is 8.43.